The number of halogens is 6. The molecule has 3 heterocycles. The zero-order valence-corrected chi connectivity index (χ0v) is 21.0. The number of carbonyl (C=O) groups is 1. The third kappa shape index (κ3) is 7.03. The van der Waals surface area contributed by atoms with Crippen LogP contribution in [0.3, 0.4) is 0 Å². The second kappa shape index (κ2) is 11.0. The standard InChI is InChI=1S/C23H28F6N6OS/c1-15-2-3-17(14-18(15)22(24,25)26)30-16-4-8-34(9-5-16)19(36)6-7-33-10-12-35(13-11-33)21-32-31-20(37-21)23(27,28)29/h2-3,14,16,30H,4-13H2,1H3. The number of anilines is 2. The summed E-state index contributed by atoms with van der Waals surface area (Å²) in [6, 6.07) is 4.21. The lowest BCUT2D eigenvalue weighted by Crippen LogP contribution is -2.48. The molecule has 0 bridgehead atoms. The van der Waals surface area contributed by atoms with Gasteiger partial charge in [-0.05, 0) is 37.5 Å². The molecular formula is C23H28F6N6OS. The van der Waals surface area contributed by atoms with Crippen LogP contribution in [0.1, 0.15) is 35.4 Å². The summed E-state index contributed by atoms with van der Waals surface area (Å²) >= 11 is 0.532. The van der Waals surface area contributed by atoms with Crippen LogP contribution in [0.4, 0.5) is 37.2 Å². The maximum absolute atomic E-state index is 13.2. The van der Waals surface area contributed by atoms with E-state index in [0.717, 1.165) is 6.07 Å². The Morgan fingerprint density at radius 1 is 1.00 bits per heavy atom. The van der Waals surface area contributed by atoms with Crippen LogP contribution in [0.5, 0.6) is 0 Å². The smallest absolute Gasteiger partial charge is 0.382 e. The van der Waals surface area contributed by atoms with E-state index in [1.54, 1.807) is 15.9 Å². The number of aromatic nitrogens is 2. The van der Waals surface area contributed by atoms with Gasteiger partial charge in [0.05, 0.1) is 5.56 Å². The van der Waals surface area contributed by atoms with Gasteiger partial charge < -0.3 is 15.1 Å². The molecule has 0 spiro atoms. The van der Waals surface area contributed by atoms with Crippen molar-refractivity contribution in [2.75, 3.05) is 56.0 Å². The molecule has 0 unspecified atom stereocenters. The third-order valence-electron chi connectivity index (χ3n) is 6.70. The van der Waals surface area contributed by atoms with Gasteiger partial charge in [0.2, 0.25) is 16.0 Å². The van der Waals surface area contributed by atoms with E-state index >= 15 is 0 Å². The molecule has 1 N–H and O–H groups in total. The van der Waals surface area contributed by atoms with Crippen molar-refractivity contribution in [2.24, 2.45) is 0 Å². The number of benzene rings is 1. The summed E-state index contributed by atoms with van der Waals surface area (Å²) in [5.74, 6) is 0.0227. The highest BCUT2D eigenvalue weighted by Crippen LogP contribution is 2.35. The molecule has 0 saturated carbocycles. The highest BCUT2D eigenvalue weighted by atomic mass is 32.1. The summed E-state index contributed by atoms with van der Waals surface area (Å²) in [4.78, 5) is 18.4. The number of nitrogens with one attached hydrogen (secondary N) is 1. The minimum absolute atomic E-state index is 0.0147. The van der Waals surface area contributed by atoms with Gasteiger partial charge in [-0.25, -0.2) is 0 Å². The van der Waals surface area contributed by atoms with Crippen LogP contribution in [-0.2, 0) is 17.1 Å². The van der Waals surface area contributed by atoms with Crippen LogP contribution >= 0.6 is 11.3 Å². The first-order valence-electron chi connectivity index (χ1n) is 12.0. The normalized spacial score (nSPS) is 18.4. The fourth-order valence-corrected chi connectivity index (χ4v) is 5.32. The van der Waals surface area contributed by atoms with E-state index in [4.69, 9.17) is 0 Å². The summed E-state index contributed by atoms with van der Waals surface area (Å²) in [6.45, 7) is 5.27. The number of piperidine rings is 1. The molecule has 0 radical (unpaired) electrons. The minimum Gasteiger partial charge on any atom is -0.382 e. The summed E-state index contributed by atoms with van der Waals surface area (Å²) in [7, 11) is 0. The average molecular weight is 551 g/mol. The molecule has 14 heteroatoms. The lowest BCUT2D eigenvalue weighted by atomic mass is 10.0. The van der Waals surface area contributed by atoms with Gasteiger partial charge in [0.25, 0.3) is 0 Å². The SMILES string of the molecule is Cc1ccc(NC2CCN(C(=O)CCN3CCN(c4nnc(C(F)(F)F)s4)CC3)CC2)cc1C(F)(F)F. The van der Waals surface area contributed by atoms with E-state index in [0.29, 0.717) is 82.1 Å². The molecule has 204 valence electrons. The lowest BCUT2D eigenvalue weighted by molar-refractivity contribution is -0.138. The molecule has 4 rings (SSSR count). The van der Waals surface area contributed by atoms with Crippen LogP contribution in [-0.4, -0.2) is 77.8 Å². The van der Waals surface area contributed by atoms with Crippen molar-refractivity contribution in [3.8, 4) is 0 Å². The van der Waals surface area contributed by atoms with Gasteiger partial charge in [0, 0.05) is 64.0 Å². The zero-order valence-electron chi connectivity index (χ0n) is 20.2. The summed E-state index contributed by atoms with van der Waals surface area (Å²) in [6.07, 6.45) is -7.29. The predicted octanol–water partition coefficient (Wildman–Crippen LogP) is 4.50. The van der Waals surface area contributed by atoms with E-state index in [-0.39, 0.29) is 22.6 Å². The molecule has 1 aromatic carbocycles. The van der Waals surface area contributed by atoms with E-state index in [1.807, 2.05) is 0 Å². The van der Waals surface area contributed by atoms with Gasteiger partial charge in [-0.3, -0.25) is 9.69 Å². The number of hydrogen-bond donors (Lipinski definition) is 1. The van der Waals surface area contributed by atoms with E-state index < -0.39 is 22.9 Å². The Balaban J connectivity index is 1.18. The van der Waals surface area contributed by atoms with Crippen molar-refractivity contribution in [1.29, 1.82) is 0 Å². The number of nitrogens with zero attached hydrogens (tertiary/aromatic N) is 5. The van der Waals surface area contributed by atoms with Crippen molar-refractivity contribution < 1.29 is 31.1 Å². The molecule has 2 aliphatic rings. The van der Waals surface area contributed by atoms with Gasteiger partial charge in [-0.15, -0.1) is 10.2 Å². The first-order chi connectivity index (χ1) is 17.4. The maximum Gasteiger partial charge on any atom is 0.445 e. The molecule has 2 saturated heterocycles. The number of hydrogen-bond acceptors (Lipinski definition) is 7. The van der Waals surface area contributed by atoms with Gasteiger partial charge in [-0.2, -0.15) is 26.3 Å². The monoisotopic (exact) mass is 550 g/mol. The molecule has 1 amide bonds. The zero-order chi connectivity index (χ0) is 26.8. The Kier molecular flexibility index (Phi) is 8.17. The second-order valence-corrected chi connectivity index (χ2v) is 10.2. The van der Waals surface area contributed by atoms with Crippen molar-refractivity contribution in [3.63, 3.8) is 0 Å². The third-order valence-corrected chi connectivity index (χ3v) is 7.73. The number of likely N-dealkylation sites (tertiary alicyclic amines) is 1. The Hall–Kier alpha value is -2.61. The summed E-state index contributed by atoms with van der Waals surface area (Å²) in [5, 5.41) is 9.35. The summed E-state index contributed by atoms with van der Waals surface area (Å²) in [5.41, 5.74) is -0.0546. The Morgan fingerprint density at radius 2 is 1.68 bits per heavy atom. The number of aryl methyl sites for hydroxylation is 1. The van der Waals surface area contributed by atoms with Crippen molar-refractivity contribution in [3.05, 3.63) is 34.3 Å². The van der Waals surface area contributed by atoms with Crippen molar-refractivity contribution >= 4 is 28.1 Å². The molecular weight excluding hydrogens is 522 g/mol. The topological polar surface area (TPSA) is 64.6 Å². The first kappa shape index (κ1) is 27.4. The van der Waals surface area contributed by atoms with Crippen molar-refractivity contribution in [2.45, 2.75) is 44.6 Å². The Labute approximate surface area is 214 Å². The quantitative estimate of drug-likeness (QED) is 0.535. The number of carbonyl (C=O) groups excluding carboxylic acids is 1. The van der Waals surface area contributed by atoms with Crippen LogP contribution in [0.2, 0.25) is 0 Å². The highest BCUT2D eigenvalue weighted by molar-refractivity contribution is 7.15. The van der Waals surface area contributed by atoms with E-state index in [2.05, 4.69) is 20.4 Å². The largest absolute Gasteiger partial charge is 0.445 e. The van der Waals surface area contributed by atoms with E-state index in [9.17, 15) is 31.1 Å². The van der Waals surface area contributed by atoms with Crippen LogP contribution in [0, 0.1) is 6.92 Å². The minimum atomic E-state index is -4.50. The lowest BCUT2D eigenvalue weighted by Gasteiger charge is -2.36. The molecule has 0 aliphatic carbocycles. The fraction of sp³-hybridized carbons (Fsp3) is 0.609. The molecule has 1 aromatic heterocycles. The van der Waals surface area contributed by atoms with Gasteiger partial charge in [-0.1, -0.05) is 17.4 Å². The Morgan fingerprint density at radius 3 is 2.27 bits per heavy atom. The molecule has 2 fully saturated rings. The fourth-order valence-electron chi connectivity index (χ4n) is 4.56. The number of rotatable bonds is 6. The number of amides is 1. The molecule has 0 atom stereocenters. The van der Waals surface area contributed by atoms with Crippen LogP contribution < -0.4 is 10.2 Å². The predicted molar refractivity (Wildman–Crippen MR) is 128 cm³/mol. The molecule has 37 heavy (non-hydrogen) atoms. The van der Waals surface area contributed by atoms with Gasteiger partial charge in [0.1, 0.15) is 0 Å². The Bertz CT molecular complexity index is 1070. The van der Waals surface area contributed by atoms with Crippen molar-refractivity contribution in [1.82, 2.24) is 20.0 Å². The van der Waals surface area contributed by atoms with Crippen LogP contribution in [0.25, 0.3) is 0 Å². The number of piperazine rings is 1. The van der Waals surface area contributed by atoms with Crippen LogP contribution in [0.15, 0.2) is 18.2 Å². The first-order valence-corrected chi connectivity index (χ1v) is 12.8. The maximum atomic E-state index is 13.2. The van der Waals surface area contributed by atoms with Gasteiger partial charge in [0.15, 0.2) is 0 Å². The van der Waals surface area contributed by atoms with Gasteiger partial charge >= 0.3 is 12.4 Å². The molecule has 2 aliphatic heterocycles. The summed E-state index contributed by atoms with van der Waals surface area (Å²) < 4.78 is 77.8. The number of alkyl halides is 6. The average Bonchev–Trinajstić information content (AvgIpc) is 3.35. The second-order valence-electron chi connectivity index (χ2n) is 9.29. The molecule has 2 aromatic rings. The van der Waals surface area contributed by atoms with E-state index in [1.165, 1.54) is 13.0 Å². The highest BCUT2D eigenvalue weighted by Gasteiger charge is 2.37. The molecule has 7 nitrogen and oxygen atoms in total.